The molecule has 0 bridgehead atoms. The van der Waals surface area contributed by atoms with Gasteiger partial charge >= 0.3 is 0 Å². The van der Waals surface area contributed by atoms with E-state index in [2.05, 4.69) is 19.1 Å². The molecule has 2 nitrogen and oxygen atoms in total. The Hall–Kier alpha value is -1.02. The van der Waals surface area contributed by atoms with Crippen molar-refractivity contribution in [3.05, 3.63) is 29.3 Å². The van der Waals surface area contributed by atoms with Crippen molar-refractivity contribution in [2.75, 3.05) is 6.61 Å². The molecule has 1 aromatic carbocycles. The van der Waals surface area contributed by atoms with Crippen LogP contribution < -0.4 is 10.5 Å². The molecule has 2 N–H and O–H groups in total. The van der Waals surface area contributed by atoms with Crippen molar-refractivity contribution in [2.45, 2.75) is 25.8 Å². The Bertz CT molecular complexity index is 309. The molecule has 70 valence electrons. The van der Waals surface area contributed by atoms with Crippen molar-refractivity contribution in [2.24, 2.45) is 5.73 Å². The van der Waals surface area contributed by atoms with Crippen LogP contribution in [0.4, 0.5) is 0 Å². The van der Waals surface area contributed by atoms with E-state index in [4.69, 9.17) is 10.5 Å². The van der Waals surface area contributed by atoms with E-state index in [1.807, 2.05) is 6.07 Å². The summed E-state index contributed by atoms with van der Waals surface area (Å²) in [4.78, 5) is 0. The van der Waals surface area contributed by atoms with Crippen LogP contribution in [0.2, 0.25) is 0 Å². The fraction of sp³-hybridized carbons (Fsp3) is 0.455. The lowest BCUT2D eigenvalue weighted by Gasteiger charge is -2.07. The molecule has 0 fully saturated rings. The summed E-state index contributed by atoms with van der Waals surface area (Å²) in [5.41, 5.74) is 8.45. The molecule has 0 radical (unpaired) electrons. The predicted molar refractivity (Wildman–Crippen MR) is 53.0 cm³/mol. The van der Waals surface area contributed by atoms with Gasteiger partial charge in [-0.15, -0.1) is 0 Å². The first-order chi connectivity index (χ1) is 6.25. The van der Waals surface area contributed by atoms with Crippen LogP contribution in [0.5, 0.6) is 5.75 Å². The molecule has 1 heterocycles. The minimum Gasteiger partial charge on any atom is -0.493 e. The number of nitrogens with two attached hydrogens (primary N) is 1. The van der Waals surface area contributed by atoms with Crippen LogP contribution in [0, 0.1) is 6.92 Å². The maximum atomic E-state index is 5.92. The summed E-state index contributed by atoms with van der Waals surface area (Å²) < 4.78 is 5.59. The molecule has 0 spiro atoms. The highest BCUT2D eigenvalue weighted by Gasteiger charge is 2.13. The summed E-state index contributed by atoms with van der Waals surface area (Å²) in [6, 6.07) is 6.54. The number of aryl methyl sites for hydroxylation is 1. The van der Waals surface area contributed by atoms with Crippen molar-refractivity contribution in [1.29, 1.82) is 0 Å². The molecular weight excluding hydrogens is 162 g/mol. The van der Waals surface area contributed by atoms with Gasteiger partial charge in [0.15, 0.2) is 0 Å². The first-order valence-corrected chi connectivity index (χ1v) is 4.73. The summed E-state index contributed by atoms with van der Waals surface area (Å²) in [5, 5.41) is 0. The smallest absolute Gasteiger partial charge is 0.122 e. The Morgan fingerprint density at radius 1 is 1.46 bits per heavy atom. The minimum absolute atomic E-state index is 0.253. The van der Waals surface area contributed by atoms with E-state index in [0.717, 1.165) is 25.2 Å². The van der Waals surface area contributed by atoms with E-state index in [9.17, 15) is 0 Å². The van der Waals surface area contributed by atoms with E-state index in [1.165, 1.54) is 11.1 Å². The Labute approximate surface area is 78.7 Å². The van der Waals surface area contributed by atoms with Gasteiger partial charge in [-0.3, -0.25) is 0 Å². The van der Waals surface area contributed by atoms with Gasteiger partial charge in [0.1, 0.15) is 5.75 Å². The van der Waals surface area contributed by atoms with Gasteiger partial charge in [-0.25, -0.2) is 0 Å². The molecule has 1 unspecified atom stereocenters. The van der Waals surface area contributed by atoms with Gasteiger partial charge in [-0.2, -0.15) is 0 Å². The largest absolute Gasteiger partial charge is 0.493 e. The number of benzene rings is 1. The zero-order chi connectivity index (χ0) is 9.26. The third kappa shape index (κ3) is 1.83. The van der Waals surface area contributed by atoms with E-state index in [0.29, 0.717) is 0 Å². The summed E-state index contributed by atoms with van der Waals surface area (Å²) in [7, 11) is 0. The molecule has 1 aliphatic heterocycles. The van der Waals surface area contributed by atoms with Crippen LogP contribution in [0.15, 0.2) is 18.2 Å². The van der Waals surface area contributed by atoms with Gasteiger partial charge in [0.05, 0.1) is 6.61 Å². The van der Waals surface area contributed by atoms with Gasteiger partial charge in [-0.1, -0.05) is 17.7 Å². The molecule has 2 heteroatoms. The minimum atomic E-state index is 0.253. The molecule has 1 atom stereocenters. The maximum absolute atomic E-state index is 5.92. The second kappa shape index (κ2) is 3.38. The summed E-state index contributed by atoms with van der Waals surface area (Å²) in [5.74, 6) is 1.01. The fourth-order valence-electron chi connectivity index (χ4n) is 1.71. The lowest BCUT2D eigenvalue weighted by atomic mass is 10.0. The SMILES string of the molecule is Cc1ccc2c(c1)CC(N)CCO2. The average Bonchev–Trinajstić information content (AvgIpc) is 2.25. The Morgan fingerprint density at radius 2 is 2.31 bits per heavy atom. The summed E-state index contributed by atoms with van der Waals surface area (Å²) in [6.07, 6.45) is 1.89. The second-order valence-electron chi connectivity index (χ2n) is 3.71. The molecule has 0 amide bonds. The van der Waals surface area contributed by atoms with Crippen LogP contribution in [0.1, 0.15) is 17.5 Å². The normalized spacial score (nSPS) is 21.5. The van der Waals surface area contributed by atoms with E-state index < -0.39 is 0 Å². The van der Waals surface area contributed by atoms with Gasteiger partial charge in [0, 0.05) is 6.04 Å². The number of fused-ring (bicyclic) bond motifs is 1. The van der Waals surface area contributed by atoms with Crippen LogP contribution >= 0.6 is 0 Å². The van der Waals surface area contributed by atoms with Gasteiger partial charge in [0.25, 0.3) is 0 Å². The maximum Gasteiger partial charge on any atom is 0.122 e. The third-order valence-corrected chi connectivity index (χ3v) is 2.44. The van der Waals surface area contributed by atoms with Crippen molar-refractivity contribution in [3.8, 4) is 5.75 Å². The zero-order valence-electron chi connectivity index (χ0n) is 7.92. The molecule has 0 saturated heterocycles. The highest BCUT2D eigenvalue weighted by molar-refractivity contribution is 5.38. The van der Waals surface area contributed by atoms with E-state index in [-0.39, 0.29) is 6.04 Å². The molecule has 13 heavy (non-hydrogen) atoms. The lowest BCUT2D eigenvalue weighted by molar-refractivity contribution is 0.310. The Morgan fingerprint density at radius 3 is 3.15 bits per heavy atom. The second-order valence-corrected chi connectivity index (χ2v) is 3.71. The highest BCUT2D eigenvalue weighted by atomic mass is 16.5. The first kappa shape index (κ1) is 8.57. The zero-order valence-corrected chi connectivity index (χ0v) is 7.92. The fourth-order valence-corrected chi connectivity index (χ4v) is 1.71. The number of rotatable bonds is 0. The highest BCUT2D eigenvalue weighted by Crippen LogP contribution is 2.24. The predicted octanol–water partition coefficient (Wildman–Crippen LogP) is 1.65. The quantitative estimate of drug-likeness (QED) is 0.654. The van der Waals surface area contributed by atoms with E-state index in [1.54, 1.807) is 0 Å². The molecule has 0 saturated carbocycles. The molecule has 1 aliphatic rings. The third-order valence-electron chi connectivity index (χ3n) is 2.44. The van der Waals surface area contributed by atoms with Crippen molar-refractivity contribution in [1.82, 2.24) is 0 Å². The summed E-state index contributed by atoms with van der Waals surface area (Å²) in [6.45, 7) is 2.84. The summed E-state index contributed by atoms with van der Waals surface area (Å²) >= 11 is 0. The van der Waals surface area contributed by atoms with Crippen LogP contribution in [-0.2, 0) is 6.42 Å². The monoisotopic (exact) mass is 177 g/mol. The number of hydrogen-bond donors (Lipinski definition) is 1. The van der Waals surface area contributed by atoms with Crippen LogP contribution in [0.25, 0.3) is 0 Å². The lowest BCUT2D eigenvalue weighted by Crippen LogP contribution is -2.22. The topological polar surface area (TPSA) is 35.2 Å². The molecule has 2 rings (SSSR count). The van der Waals surface area contributed by atoms with E-state index >= 15 is 0 Å². The Kier molecular flexibility index (Phi) is 2.23. The van der Waals surface area contributed by atoms with Gasteiger partial charge < -0.3 is 10.5 Å². The number of ether oxygens (including phenoxy) is 1. The first-order valence-electron chi connectivity index (χ1n) is 4.73. The number of hydrogen-bond acceptors (Lipinski definition) is 2. The molecule has 1 aromatic rings. The van der Waals surface area contributed by atoms with Gasteiger partial charge in [0.2, 0.25) is 0 Å². The van der Waals surface area contributed by atoms with Crippen LogP contribution in [0.3, 0.4) is 0 Å². The average molecular weight is 177 g/mol. The molecule has 0 aliphatic carbocycles. The van der Waals surface area contributed by atoms with Crippen LogP contribution in [-0.4, -0.2) is 12.6 Å². The van der Waals surface area contributed by atoms with Crippen molar-refractivity contribution < 1.29 is 4.74 Å². The van der Waals surface area contributed by atoms with Crippen molar-refractivity contribution >= 4 is 0 Å². The molecule has 0 aromatic heterocycles. The Balaban J connectivity index is 2.35. The standard InChI is InChI=1S/C11H15NO/c1-8-2-3-11-9(6-8)7-10(12)4-5-13-11/h2-3,6,10H,4-5,7,12H2,1H3. The van der Waals surface area contributed by atoms with Crippen molar-refractivity contribution in [3.63, 3.8) is 0 Å². The molecular formula is C11H15NO. The van der Waals surface area contributed by atoms with Gasteiger partial charge in [-0.05, 0) is 31.4 Å².